The van der Waals surface area contributed by atoms with E-state index in [1.165, 1.54) is 0 Å². The summed E-state index contributed by atoms with van der Waals surface area (Å²) in [6, 6.07) is 7.56. The Morgan fingerprint density at radius 1 is 1.25 bits per heavy atom. The number of nitrogens with one attached hydrogen (secondary N) is 1. The van der Waals surface area contributed by atoms with E-state index in [4.69, 9.17) is 4.74 Å². The lowest BCUT2D eigenvalue weighted by Gasteiger charge is -2.20. The first-order chi connectivity index (χ1) is 11.2. The molecule has 6 heteroatoms. The number of amides is 2. The molecule has 0 aliphatic carbocycles. The average Bonchev–Trinajstić information content (AvgIpc) is 2.86. The maximum absolute atomic E-state index is 12.1. The molecule has 130 valence electrons. The maximum Gasteiger partial charge on any atom is 0.311 e. The van der Waals surface area contributed by atoms with Crippen molar-refractivity contribution in [3.8, 4) is 0 Å². The molecule has 2 rings (SSSR count). The van der Waals surface area contributed by atoms with Gasteiger partial charge in [0.2, 0.25) is 5.91 Å². The Labute approximate surface area is 142 Å². The van der Waals surface area contributed by atoms with Gasteiger partial charge in [-0.25, -0.2) is 0 Å². The highest BCUT2D eigenvalue weighted by Gasteiger charge is 2.36. The van der Waals surface area contributed by atoms with Gasteiger partial charge in [-0.3, -0.25) is 14.4 Å². The molecular formula is C18H24N2O4. The summed E-state index contributed by atoms with van der Waals surface area (Å²) in [6.07, 6.45) is 0.105. The maximum atomic E-state index is 12.1. The Morgan fingerprint density at radius 2 is 1.88 bits per heavy atom. The third-order valence-electron chi connectivity index (χ3n) is 3.66. The summed E-state index contributed by atoms with van der Waals surface area (Å²) in [5.41, 5.74) is 1.49. The Hall–Kier alpha value is -2.37. The second-order valence-corrected chi connectivity index (χ2v) is 7.15. The second-order valence-electron chi connectivity index (χ2n) is 7.15. The quantitative estimate of drug-likeness (QED) is 0.853. The zero-order valence-electron chi connectivity index (χ0n) is 14.6. The summed E-state index contributed by atoms with van der Waals surface area (Å²) in [6.45, 7) is 7.47. The molecule has 1 heterocycles. The number of esters is 1. The van der Waals surface area contributed by atoms with E-state index in [0.717, 1.165) is 11.3 Å². The first-order valence-electron chi connectivity index (χ1n) is 8.00. The van der Waals surface area contributed by atoms with E-state index in [-0.39, 0.29) is 36.9 Å². The molecule has 1 saturated heterocycles. The van der Waals surface area contributed by atoms with Gasteiger partial charge in [0, 0.05) is 24.2 Å². The van der Waals surface area contributed by atoms with Crippen LogP contribution in [0.15, 0.2) is 24.3 Å². The van der Waals surface area contributed by atoms with Gasteiger partial charge in [-0.05, 0) is 39.8 Å². The molecular weight excluding hydrogens is 308 g/mol. The Kier molecular flexibility index (Phi) is 5.26. The van der Waals surface area contributed by atoms with E-state index < -0.39 is 11.9 Å². The minimum atomic E-state index is -0.541. The number of anilines is 1. The fourth-order valence-corrected chi connectivity index (χ4v) is 2.55. The Balaban J connectivity index is 1.89. The largest absolute Gasteiger partial charge is 0.455 e. The zero-order valence-corrected chi connectivity index (χ0v) is 14.6. The van der Waals surface area contributed by atoms with Crippen LogP contribution in [0.3, 0.4) is 0 Å². The molecule has 1 atom stereocenters. The fourth-order valence-electron chi connectivity index (χ4n) is 2.55. The molecule has 1 fully saturated rings. The minimum Gasteiger partial charge on any atom is -0.455 e. The monoisotopic (exact) mass is 332 g/mol. The lowest BCUT2D eigenvalue weighted by atomic mass is 10.1. The molecule has 1 aromatic carbocycles. The molecule has 1 N–H and O–H groups in total. The SMILES string of the molecule is Cc1ccc(N2C[C@H](C(=O)OCC(=O)NC(C)(C)C)CC2=O)cc1. The van der Waals surface area contributed by atoms with E-state index >= 15 is 0 Å². The molecule has 0 bridgehead atoms. The van der Waals surface area contributed by atoms with Gasteiger partial charge < -0.3 is 15.0 Å². The van der Waals surface area contributed by atoms with Gasteiger partial charge in [-0.1, -0.05) is 17.7 Å². The number of hydrogen-bond donors (Lipinski definition) is 1. The molecule has 0 spiro atoms. The van der Waals surface area contributed by atoms with Crippen LogP contribution in [-0.2, 0) is 19.1 Å². The number of carbonyl (C=O) groups is 3. The topological polar surface area (TPSA) is 75.7 Å². The van der Waals surface area contributed by atoms with Gasteiger partial charge in [0.1, 0.15) is 0 Å². The molecule has 1 aromatic rings. The van der Waals surface area contributed by atoms with E-state index in [1.807, 2.05) is 52.0 Å². The van der Waals surface area contributed by atoms with Gasteiger partial charge in [-0.2, -0.15) is 0 Å². The number of rotatable bonds is 4. The number of benzene rings is 1. The van der Waals surface area contributed by atoms with Crippen molar-refractivity contribution in [2.45, 2.75) is 39.7 Å². The third kappa shape index (κ3) is 4.81. The number of ether oxygens (including phenoxy) is 1. The summed E-state index contributed by atoms with van der Waals surface area (Å²) < 4.78 is 5.06. The van der Waals surface area contributed by atoms with E-state index in [1.54, 1.807) is 4.90 Å². The first kappa shape index (κ1) is 18.0. The lowest BCUT2D eigenvalue weighted by Crippen LogP contribution is -2.43. The molecule has 1 aliphatic rings. The molecule has 1 aliphatic heterocycles. The summed E-state index contributed by atoms with van der Waals surface area (Å²) >= 11 is 0. The van der Waals surface area contributed by atoms with Gasteiger partial charge in [0.25, 0.3) is 5.91 Å². The average molecular weight is 332 g/mol. The molecule has 6 nitrogen and oxygen atoms in total. The summed E-state index contributed by atoms with van der Waals surface area (Å²) in [5, 5.41) is 2.72. The number of hydrogen-bond acceptors (Lipinski definition) is 4. The van der Waals surface area contributed by atoms with Gasteiger partial charge in [0.05, 0.1) is 5.92 Å². The van der Waals surface area contributed by atoms with E-state index in [9.17, 15) is 14.4 Å². The van der Waals surface area contributed by atoms with Crippen molar-refractivity contribution in [1.82, 2.24) is 5.32 Å². The van der Waals surface area contributed by atoms with Crippen LogP contribution in [-0.4, -0.2) is 36.5 Å². The summed E-state index contributed by atoms with van der Waals surface area (Å²) in [4.78, 5) is 37.5. The van der Waals surface area contributed by atoms with Crippen LogP contribution in [0.1, 0.15) is 32.8 Å². The van der Waals surface area contributed by atoms with Gasteiger partial charge in [-0.15, -0.1) is 0 Å². The highest BCUT2D eigenvalue weighted by molar-refractivity contribution is 5.99. The van der Waals surface area contributed by atoms with E-state index in [0.29, 0.717) is 0 Å². The predicted molar refractivity (Wildman–Crippen MR) is 90.5 cm³/mol. The first-order valence-corrected chi connectivity index (χ1v) is 8.00. The number of nitrogens with zero attached hydrogens (tertiary/aromatic N) is 1. The number of carbonyl (C=O) groups excluding carboxylic acids is 3. The van der Waals surface area contributed by atoms with Gasteiger partial charge in [0.15, 0.2) is 6.61 Å². The molecule has 0 unspecified atom stereocenters. The highest BCUT2D eigenvalue weighted by Crippen LogP contribution is 2.26. The van der Waals surface area contributed by atoms with Crippen LogP contribution in [0.2, 0.25) is 0 Å². The highest BCUT2D eigenvalue weighted by atomic mass is 16.5. The zero-order chi connectivity index (χ0) is 17.9. The van der Waals surface area contributed by atoms with Crippen LogP contribution in [0.5, 0.6) is 0 Å². The van der Waals surface area contributed by atoms with Crippen molar-refractivity contribution in [3.05, 3.63) is 29.8 Å². The van der Waals surface area contributed by atoms with Crippen LogP contribution in [0.4, 0.5) is 5.69 Å². The Bertz CT molecular complexity index is 631. The van der Waals surface area contributed by atoms with E-state index in [2.05, 4.69) is 5.32 Å². The van der Waals surface area contributed by atoms with Crippen LogP contribution in [0.25, 0.3) is 0 Å². The minimum absolute atomic E-state index is 0.105. The van der Waals surface area contributed by atoms with Crippen LogP contribution >= 0.6 is 0 Å². The number of aryl methyl sites for hydroxylation is 1. The Morgan fingerprint density at radius 3 is 2.46 bits per heavy atom. The summed E-state index contributed by atoms with van der Waals surface area (Å²) in [5.74, 6) is -1.52. The van der Waals surface area contributed by atoms with Crippen molar-refractivity contribution in [1.29, 1.82) is 0 Å². The molecule has 2 amide bonds. The smallest absolute Gasteiger partial charge is 0.311 e. The third-order valence-corrected chi connectivity index (χ3v) is 3.66. The summed E-state index contributed by atoms with van der Waals surface area (Å²) in [7, 11) is 0. The molecule has 24 heavy (non-hydrogen) atoms. The van der Waals surface area contributed by atoms with Crippen LogP contribution < -0.4 is 10.2 Å². The van der Waals surface area contributed by atoms with Gasteiger partial charge >= 0.3 is 5.97 Å². The molecule has 0 saturated carbocycles. The normalized spacial score (nSPS) is 17.8. The molecule has 0 aromatic heterocycles. The second kappa shape index (κ2) is 7.03. The van der Waals surface area contributed by atoms with Crippen molar-refractivity contribution in [2.24, 2.45) is 5.92 Å². The van der Waals surface area contributed by atoms with Crippen molar-refractivity contribution in [2.75, 3.05) is 18.1 Å². The van der Waals surface area contributed by atoms with Crippen LogP contribution in [0, 0.1) is 12.8 Å². The van der Waals surface area contributed by atoms with Crippen molar-refractivity contribution >= 4 is 23.5 Å². The predicted octanol–water partition coefficient (Wildman–Crippen LogP) is 1.81. The standard InChI is InChI=1S/C18H24N2O4/c1-12-5-7-14(8-6-12)20-10-13(9-16(20)22)17(23)24-11-15(21)19-18(2,3)4/h5-8,13H,9-11H2,1-4H3,(H,19,21)/t13-/m1/s1. The molecule has 0 radical (unpaired) electrons. The van der Waals surface area contributed by atoms with Crippen molar-refractivity contribution < 1.29 is 19.1 Å². The lowest BCUT2D eigenvalue weighted by molar-refractivity contribution is -0.152. The fraction of sp³-hybridized carbons (Fsp3) is 0.500. The van der Waals surface area contributed by atoms with Crippen molar-refractivity contribution in [3.63, 3.8) is 0 Å².